The third-order valence-electron chi connectivity index (χ3n) is 15.1. The molecule has 0 saturated carbocycles. The number of ketones is 1. The first kappa shape index (κ1) is 60.7. The van der Waals surface area contributed by atoms with Crippen LogP contribution in [0.5, 0.6) is 5.75 Å². The van der Waals surface area contributed by atoms with Crippen molar-refractivity contribution >= 4 is 17.4 Å². The molecule has 21 atom stereocenters. The second-order valence-corrected chi connectivity index (χ2v) is 21.4. The number of carbonyl (C=O) groups excluding carboxylic acids is 2. The average molecular weight is 1040 g/mol. The van der Waals surface area contributed by atoms with Gasteiger partial charge in [-0.05, 0) is 92.1 Å². The van der Waals surface area contributed by atoms with Gasteiger partial charge in [-0.2, -0.15) is 0 Å². The number of benzene rings is 1. The molecule has 416 valence electrons. The van der Waals surface area contributed by atoms with E-state index in [2.05, 4.69) is 0 Å². The van der Waals surface area contributed by atoms with Crippen molar-refractivity contribution in [3.8, 4) is 5.75 Å². The number of nitrogens with zero attached hydrogens (tertiary/aromatic N) is 2. The number of carbonyl (C=O) groups is 2. The number of methoxy groups -OCH3 is 2. The summed E-state index contributed by atoms with van der Waals surface area (Å²) < 4.78 is 62.0. The molecule has 0 amide bonds. The van der Waals surface area contributed by atoms with Crippen molar-refractivity contribution in [3.63, 3.8) is 0 Å². The molecular weight excluding hydrogens is 949 g/mol. The van der Waals surface area contributed by atoms with Crippen molar-refractivity contribution in [1.82, 2.24) is 4.90 Å². The zero-order valence-corrected chi connectivity index (χ0v) is 45.6. The van der Waals surface area contributed by atoms with E-state index in [1.165, 1.54) is 27.2 Å². The van der Waals surface area contributed by atoms with E-state index in [1.807, 2.05) is 70.1 Å². The third kappa shape index (κ3) is 15.7. The normalized spacial score (nSPS) is 41.7. The molecule has 0 aromatic heterocycles. The van der Waals surface area contributed by atoms with Crippen molar-refractivity contribution in [2.75, 3.05) is 60.5 Å². The maximum atomic E-state index is 14.2. The number of anilines is 1. The summed E-state index contributed by atoms with van der Waals surface area (Å²) in [6.07, 6.45) is -8.23. The Labute approximate surface area is 432 Å². The first-order chi connectivity index (χ1) is 34.4. The highest BCUT2D eigenvalue weighted by molar-refractivity contribution is 5.91. The molecule has 4 aliphatic heterocycles. The smallest absolute Gasteiger partial charge is 0.308 e. The van der Waals surface area contributed by atoms with Gasteiger partial charge in [-0.3, -0.25) is 9.59 Å². The molecule has 19 heteroatoms. The number of esters is 1. The lowest BCUT2D eigenvalue weighted by molar-refractivity contribution is -0.342. The number of allylic oxidation sites excluding steroid dienone is 3. The van der Waals surface area contributed by atoms with Crippen molar-refractivity contribution < 1.29 is 82.5 Å². The lowest BCUT2D eigenvalue weighted by atomic mass is 9.79. The zero-order valence-electron chi connectivity index (χ0n) is 45.6. The van der Waals surface area contributed by atoms with Gasteiger partial charge in [-0.1, -0.05) is 44.6 Å². The van der Waals surface area contributed by atoms with Crippen LogP contribution >= 0.6 is 0 Å². The van der Waals surface area contributed by atoms with Crippen molar-refractivity contribution in [3.05, 3.63) is 48.1 Å². The van der Waals surface area contributed by atoms with Crippen LogP contribution < -0.4 is 9.64 Å². The van der Waals surface area contributed by atoms with Crippen LogP contribution in [0.4, 0.5) is 5.69 Å². The number of hydrogen-bond donors (Lipinski definition) is 5. The van der Waals surface area contributed by atoms with Gasteiger partial charge in [0.2, 0.25) is 0 Å². The van der Waals surface area contributed by atoms with Gasteiger partial charge in [0, 0.05) is 64.2 Å². The molecule has 5 N–H and O–H groups in total. The van der Waals surface area contributed by atoms with Crippen LogP contribution in [0.2, 0.25) is 0 Å². The molecule has 3 fully saturated rings. The van der Waals surface area contributed by atoms with E-state index >= 15 is 0 Å². The number of aliphatic hydroxyl groups excluding tert-OH is 4. The molecule has 0 radical (unpaired) electrons. The largest absolute Gasteiger partial charge is 0.494 e. The Hall–Kier alpha value is -3.12. The van der Waals surface area contributed by atoms with Crippen LogP contribution in [0.1, 0.15) is 87.5 Å². The van der Waals surface area contributed by atoms with Crippen LogP contribution in [0.25, 0.3) is 0 Å². The molecule has 4 heterocycles. The van der Waals surface area contributed by atoms with Crippen molar-refractivity contribution in [1.29, 1.82) is 0 Å². The van der Waals surface area contributed by atoms with Gasteiger partial charge in [0.1, 0.15) is 48.5 Å². The molecule has 5 rings (SSSR count). The predicted octanol–water partition coefficient (Wildman–Crippen LogP) is 3.78. The van der Waals surface area contributed by atoms with Gasteiger partial charge in [0.05, 0.1) is 61.8 Å². The third-order valence-corrected chi connectivity index (χ3v) is 15.1. The minimum absolute atomic E-state index is 0.00186. The van der Waals surface area contributed by atoms with E-state index in [1.54, 1.807) is 52.8 Å². The SMILES string of the molecule is CC[C@H]1OC(=O)C[C@@H](O)[C@H](C)[C@@H](O[C@@H]2O[C@H](C)[C@@H](O[C@H]3C[C@@](C)(O)[C@@H](O)[C@H](C)O3)[C@H](N(C)C)[C@H]2O)[C@@H](CCOc2cccc(N(C)C)c2)C[C@@H](C)C(=O)/C=C/C(C)=C/[C@@H]1CO[C@@H]1O[C@H](C)[C@@H](O)[C@@H](OC)[C@H]1OC. The molecule has 0 spiro atoms. The van der Waals surface area contributed by atoms with E-state index in [0.29, 0.717) is 24.2 Å². The summed E-state index contributed by atoms with van der Waals surface area (Å²) in [5.74, 6) is -2.57. The highest BCUT2D eigenvalue weighted by Crippen LogP contribution is 2.38. The summed E-state index contributed by atoms with van der Waals surface area (Å²) >= 11 is 0. The summed E-state index contributed by atoms with van der Waals surface area (Å²) in [5.41, 5.74) is 0.170. The fourth-order valence-corrected chi connectivity index (χ4v) is 10.6. The van der Waals surface area contributed by atoms with Gasteiger partial charge in [-0.25, -0.2) is 0 Å². The number of hydrogen-bond acceptors (Lipinski definition) is 19. The predicted molar refractivity (Wildman–Crippen MR) is 271 cm³/mol. The maximum Gasteiger partial charge on any atom is 0.308 e. The van der Waals surface area contributed by atoms with E-state index < -0.39 is 140 Å². The Morgan fingerprint density at radius 2 is 1.51 bits per heavy atom. The summed E-state index contributed by atoms with van der Waals surface area (Å²) in [6, 6.07) is 6.93. The van der Waals surface area contributed by atoms with E-state index in [4.69, 9.17) is 47.4 Å². The maximum absolute atomic E-state index is 14.2. The van der Waals surface area contributed by atoms with E-state index in [9.17, 15) is 35.1 Å². The van der Waals surface area contributed by atoms with Gasteiger partial charge in [-0.15, -0.1) is 0 Å². The van der Waals surface area contributed by atoms with Crippen molar-refractivity contribution in [2.45, 2.75) is 191 Å². The number of rotatable bonds is 16. The van der Waals surface area contributed by atoms with Crippen LogP contribution in [-0.2, 0) is 52.2 Å². The number of aliphatic hydroxyl groups is 5. The van der Waals surface area contributed by atoms with Gasteiger partial charge in [0.15, 0.2) is 24.7 Å². The summed E-state index contributed by atoms with van der Waals surface area (Å²) in [7, 11) is 10.4. The van der Waals surface area contributed by atoms with E-state index in [0.717, 1.165) is 5.69 Å². The molecule has 0 unspecified atom stereocenters. The van der Waals surface area contributed by atoms with E-state index in [-0.39, 0.29) is 31.8 Å². The molecule has 19 nitrogen and oxygen atoms in total. The Balaban J connectivity index is 1.47. The molecule has 3 saturated heterocycles. The lowest BCUT2D eigenvalue weighted by Crippen LogP contribution is -2.65. The van der Waals surface area contributed by atoms with Crippen molar-refractivity contribution in [2.24, 2.45) is 23.7 Å². The molecular formula is C54H88N2O17. The van der Waals surface area contributed by atoms with Gasteiger partial charge >= 0.3 is 5.97 Å². The molecule has 0 aliphatic carbocycles. The first-order valence-corrected chi connectivity index (χ1v) is 26.0. The highest BCUT2D eigenvalue weighted by atomic mass is 16.7. The topological polar surface area (TPSA) is 234 Å². The number of ether oxygens (including phenoxy) is 10. The fourth-order valence-electron chi connectivity index (χ4n) is 10.6. The lowest BCUT2D eigenvalue weighted by Gasteiger charge is -2.50. The Morgan fingerprint density at radius 3 is 2.14 bits per heavy atom. The van der Waals surface area contributed by atoms with Crippen LogP contribution in [-0.4, -0.2) is 202 Å². The average Bonchev–Trinajstić information content (AvgIpc) is 3.33. The summed E-state index contributed by atoms with van der Waals surface area (Å²) in [5, 5.41) is 56.8. The second kappa shape index (κ2) is 27.3. The van der Waals surface area contributed by atoms with Crippen LogP contribution in [0.3, 0.4) is 0 Å². The summed E-state index contributed by atoms with van der Waals surface area (Å²) in [6.45, 7) is 14.2. The number of cyclic esters (lactones) is 1. The molecule has 4 aliphatic rings. The monoisotopic (exact) mass is 1040 g/mol. The van der Waals surface area contributed by atoms with Gasteiger partial charge in [0.25, 0.3) is 0 Å². The fraction of sp³-hybridized carbons (Fsp3) is 0.778. The standard InChI is InChI=1S/C54H88N2O17/c1-15-41-36(28-67-53-50(65-14)49(64-13)45(60)32(5)69-53)23-29(2)19-20-39(57)30(3)24-35(21-22-66-38-18-16-17-37(25-38)55(9)10)47(31(4)40(58)26-42(59)71-41)73-52-46(61)44(56(11)12)48(33(6)70-52)72-43-27-54(8,63)51(62)34(7)68-43/h16-20,23,25,30-36,40-41,43-53,58,60-63H,15,21-22,24,26-28H2,1-14H3/b20-19+,29-23+/t30-,31+,32-,33-,34+,35+,36-,40-,41-,43+,44-,45-,46-,47-,48-,49-,50-,51+,52+,53-,54-/m1/s1. The minimum atomic E-state index is -1.49. The second-order valence-electron chi connectivity index (χ2n) is 21.4. The van der Waals surface area contributed by atoms with Crippen LogP contribution in [0, 0.1) is 23.7 Å². The van der Waals surface area contributed by atoms with Gasteiger partial charge < -0.3 is 82.7 Å². The first-order valence-electron chi connectivity index (χ1n) is 26.0. The Bertz CT molecular complexity index is 1950. The molecule has 1 aromatic rings. The Morgan fingerprint density at radius 1 is 0.822 bits per heavy atom. The van der Waals surface area contributed by atoms with Crippen LogP contribution in [0.15, 0.2) is 48.1 Å². The minimum Gasteiger partial charge on any atom is -0.494 e. The quantitative estimate of drug-likeness (QED) is 0.148. The number of likely N-dealkylation sites (N-methyl/N-ethyl adjacent to an activating group) is 1. The molecule has 73 heavy (non-hydrogen) atoms. The molecule has 0 bridgehead atoms. The zero-order chi connectivity index (χ0) is 54.1. The summed E-state index contributed by atoms with van der Waals surface area (Å²) in [4.78, 5) is 32.0. The highest BCUT2D eigenvalue weighted by Gasteiger charge is 2.52. The Kier molecular flexibility index (Phi) is 22.7. The molecule has 1 aromatic carbocycles.